The minimum absolute atomic E-state index is 0.0341. The van der Waals surface area contributed by atoms with Crippen LogP contribution in [0.3, 0.4) is 0 Å². The van der Waals surface area contributed by atoms with E-state index < -0.39 is 0 Å². The maximum atomic E-state index is 12.1. The zero-order chi connectivity index (χ0) is 18.5. The van der Waals surface area contributed by atoms with E-state index in [1.807, 2.05) is 52.5 Å². The molecule has 0 aliphatic carbocycles. The average Bonchev–Trinajstić information content (AvgIpc) is 3.35. The number of pyridine rings is 2. The predicted molar refractivity (Wildman–Crippen MR) is 106 cm³/mol. The van der Waals surface area contributed by atoms with Crippen LogP contribution < -0.4 is 5.32 Å². The van der Waals surface area contributed by atoms with Crippen LogP contribution in [0.2, 0.25) is 0 Å². The summed E-state index contributed by atoms with van der Waals surface area (Å²) >= 11 is 1.58. The van der Waals surface area contributed by atoms with Gasteiger partial charge in [-0.05, 0) is 30.7 Å². The fourth-order valence-electron chi connectivity index (χ4n) is 2.87. The van der Waals surface area contributed by atoms with E-state index in [2.05, 4.69) is 20.3 Å². The third-order valence-electron chi connectivity index (χ3n) is 4.25. The zero-order valence-electron chi connectivity index (χ0n) is 14.7. The Bertz CT molecular complexity index is 1040. The van der Waals surface area contributed by atoms with Gasteiger partial charge in [0.25, 0.3) is 0 Å². The monoisotopic (exact) mass is 377 g/mol. The normalized spacial score (nSPS) is 11.0. The molecule has 0 fully saturated rings. The van der Waals surface area contributed by atoms with Crippen molar-refractivity contribution in [1.82, 2.24) is 24.7 Å². The number of hydrogen-bond donors (Lipinski definition) is 1. The standard InChI is InChI=1S/C20H19N5OS/c26-19(22-10-8-18-23-13-17-5-1-2-11-25(17)18)7-6-16-14-27-20(24-16)15-4-3-9-21-12-15/h1-5,9,11-14H,6-8,10H2,(H,22,26). The highest BCUT2D eigenvalue weighted by Crippen LogP contribution is 2.23. The van der Waals surface area contributed by atoms with Gasteiger partial charge in [0, 0.05) is 48.9 Å². The van der Waals surface area contributed by atoms with E-state index in [9.17, 15) is 4.79 Å². The highest BCUT2D eigenvalue weighted by Gasteiger charge is 2.08. The Morgan fingerprint density at radius 1 is 1.15 bits per heavy atom. The van der Waals surface area contributed by atoms with Crippen molar-refractivity contribution >= 4 is 22.8 Å². The first kappa shape index (κ1) is 17.4. The molecule has 0 aliphatic heterocycles. The molecule has 136 valence electrons. The number of nitrogens with one attached hydrogen (secondary N) is 1. The van der Waals surface area contributed by atoms with Gasteiger partial charge in [0.15, 0.2) is 0 Å². The molecule has 27 heavy (non-hydrogen) atoms. The van der Waals surface area contributed by atoms with Crippen molar-refractivity contribution in [2.45, 2.75) is 19.3 Å². The molecule has 0 atom stereocenters. The topological polar surface area (TPSA) is 72.2 Å². The van der Waals surface area contributed by atoms with Gasteiger partial charge in [-0.25, -0.2) is 9.97 Å². The highest BCUT2D eigenvalue weighted by molar-refractivity contribution is 7.13. The molecule has 0 saturated carbocycles. The van der Waals surface area contributed by atoms with Crippen molar-refractivity contribution < 1.29 is 4.79 Å². The van der Waals surface area contributed by atoms with Gasteiger partial charge in [-0.3, -0.25) is 9.78 Å². The molecule has 0 unspecified atom stereocenters. The molecular weight excluding hydrogens is 358 g/mol. The number of carbonyl (C=O) groups is 1. The highest BCUT2D eigenvalue weighted by atomic mass is 32.1. The van der Waals surface area contributed by atoms with Gasteiger partial charge in [0.2, 0.25) is 5.91 Å². The molecule has 4 aromatic heterocycles. The minimum Gasteiger partial charge on any atom is -0.356 e. The first-order chi connectivity index (χ1) is 13.3. The summed E-state index contributed by atoms with van der Waals surface area (Å²) in [5.74, 6) is 0.985. The summed E-state index contributed by atoms with van der Waals surface area (Å²) in [7, 11) is 0. The first-order valence-electron chi connectivity index (χ1n) is 8.82. The van der Waals surface area contributed by atoms with Crippen molar-refractivity contribution in [2.24, 2.45) is 0 Å². The number of aryl methyl sites for hydroxylation is 1. The molecule has 4 rings (SSSR count). The molecule has 0 bridgehead atoms. The fraction of sp³-hybridized carbons (Fsp3) is 0.200. The van der Waals surface area contributed by atoms with E-state index in [1.54, 1.807) is 23.7 Å². The molecule has 1 N–H and O–H groups in total. The second-order valence-electron chi connectivity index (χ2n) is 6.16. The Morgan fingerprint density at radius 2 is 2.11 bits per heavy atom. The number of nitrogens with zero attached hydrogens (tertiary/aromatic N) is 4. The van der Waals surface area contributed by atoms with Crippen molar-refractivity contribution in [3.8, 4) is 10.6 Å². The van der Waals surface area contributed by atoms with Gasteiger partial charge >= 0.3 is 0 Å². The number of aromatic nitrogens is 4. The van der Waals surface area contributed by atoms with Crippen LogP contribution in [-0.2, 0) is 17.6 Å². The molecule has 1 amide bonds. The number of thiazole rings is 1. The minimum atomic E-state index is 0.0341. The Hall–Kier alpha value is -3.06. The number of fused-ring (bicyclic) bond motifs is 1. The van der Waals surface area contributed by atoms with Crippen LogP contribution in [0.25, 0.3) is 16.1 Å². The first-order valence-corrected chi connectivity index (χ1v) is 9.70. The zero-order valence-corrected chi connectivity index (χ0v) is 15.5. The van der Waals surface area contributed by atoms with Crippen LogP contribution in [0.4, 0.5) is 0 Å². The van der Waals surface area contributed by atoms with Crippen LogP contribution in [0.5, 0.6) is 0 Å². The van der Waals surface area contributed by atoms with E-state index in [0.29, 0.717) is 25.8 Å². The summed E-state index contributed by atoms with van der Waals surface area (Å²) in [4.78, 5) is 25.2. The van der Waals surface area contributed by atoms with Gasteiger partial charge < -0.3 is 9.72 Å². The van der Waals surface area contributed by atoms with Crippen molar-refractivity contribution in [2.75, 3.05) is 6.54 Å². The number of hydrogen-bond acceptors (Lipinski definition) is 5. The van der Waals surface area contributed by atoms with Gasteiger partial charge in [-0.15, -0.1) is 11.3 Å². The second kappa shape index (κ2) is 8.09. The van der Waals surface area contributed by atoms with Crippen LogP contribution in [-0.4, -0.2) is 31.8 Å². The third-order valence-corrected chi connectivity index (χ3v) is 5.19. The largest absolute Gasteiger partial charge is 0.356 e. The molecule has 4 heterocycles. The second-order valence-corrected chi connectivity index (χ2v) is 7.01. The number of imidazole rings is 1. The molecule has 0 radical (unpaired) electrons. The van der Waals surface area contributed by atoms with E-state index >= 15 is 0 Å². The van der Waals surface area contributed by atoms with E-state index in [1.165, 1.54) is 0 Å². The van der Waals surface area contributed by atoms with Gasteiger partial charge in [0.05, 0.1) is 17.4 Å². The van der Waals surface area contributed by atoms with E-state index in [0.717, 1.165) is 27.6 Å². The quantitative estimate of drug-likeness (QED) is 0.537. The summed E-state index contributed by atoms with van der Waals surface area (Å²) in [6.45, 7) is 0.574. The Morgan fingerprint density at radius 3 is 3.00 bits per heavy atom. The number of amides is 1. The van der Waals surface area contributed by atoms with Gasteiger partial charge in [0.1, 0.15) is 10.8 Å². The van der Waals surface area contributed by atoms with Crippen LogP contribution in [0, 0.1) is 0 Å². The maximum Gasteiger partial charge on any atom is 0.220 e. The SMILES string of the molecule is O=C(CCc1csc(-c2cccnc2)n1)NCCc1ncc2ccccn12. The maximum absolute atomic E-state index is 12.1. The van der Waals surface area contributed by atoms with Crippen molar-refractivity contribution in [3.05, 3.63) is 72.0 Å². The average molecular weight is 377 g/mol. The molecular formula is C20H19N5OS. The van der Waals surface area contributed by atoms with Crippen molar-refractivity contribution in [3.63, 3.8) is 0 Å². The Kier molecular flexibility index (Phi) is 5.20. The number of rotatable bonds is 7. The molecule has 0 saturated heterocycles. The van der Waals surface area contributed by atoms with Crippen LogP contribution >= 0.6 is 11.3 Å². The van der Waals surface area contributed by atoms with E-state index in [-0.39, 0.29) is 5.91 Å². The summed E-state index contributed by atoms with van der Waals surface area (Å²) in [6, 6.07) is 9.86. The smallest absolute Gasteiger partial charge is 0.220 e. The summed E-state index contributed by atoms with van der Waals surface area (Å²) in [5, 5.41) is 5.91. The summed E-state index contributed by atoms with van der Waals surface area (Å²) in [6.07, 6.45) is 9.14. The lowest BCUT2D eigenvalue weighted by molar-refractivity contribution is -0.121. The molecule has 0 aromatic carbocycles. The number of carbonyl (C=O) groups excluding carboxylic acids is 1. The molecule has 0 spiro atoms. The molecule has 6 nitrogen and oxygen atoms in total. The van der Waals surface area contributed by atoms with Crippen LogP contribution in [0.15, 0.2) is 60.5 Å². The Balaban J connectivity index is 1.25. The van der Waals surface area contributed by atoms with Gasteiger partial charge in [-0.1, -0.05) is 6.07 Å². The fourth-order valence-corrected chi connectivity index (χ4v) is 3.72. The third kappa shape index (κ3) is 4.20. The lowest BCUT2D eigenvalue weighted by Gasteiger charge is -2.04. The predicted octanol–water partition coefficient (Wildman–Crippen LogP) is 3.14. The van der Waals surface area contributed by atoms with Crippen LogP contribution in [0.1, 0.15) is 17.9 Å². The summed E-state index contributed by atoms with van der Waals surface area (Å²) < 4.78 is 2.04. The van der Waals surface area contributed by atoms with Crippen molar-refractivity contribution in [1.29, 1.82) is 0 Å². The molecule has 7 heteroatoms. The lowest BCUT2D eigenvalue weighted by Crippen LogP contribution is -2.26. The van der Waals surface area contributed by atoms with Gasteiger partial charge in [-0.2, -0.15) is 0 Å². The summed E-state index contributed by atoms with van der Waals surface area (Å²) in [5.41, 5.74) is 3.00. The molecule has 0 aliphatic rings. The van der Waals surface area contributed by atoms with E-state index in [4.69, 9.17) is 0 Å². The molecule has 4 aromatic rings. The Labute approximate surface area is 160 Å². The lowest BCUT2D eigenvalue weighted by atomic mass is 10.2.